The van der Waals surface area contributed by atoms with Crippen molar-refractivity contribution >= 4 is 45.6 Å². The summed E-state index contributed by atoms with van der Waals surface area (Å²) >= 11 is 0. The van der Waals surface area contributed by atoms with Crippen molar-refractivity contribution < 1.29 is 0 Å². The van der Waals surface area contributed by atoms with Crippen LogP contribution in [0, 0.1) is 57.7 Å². The Hall–Kier alpha value is -5.57. The van der Waals surface area contributed by atoms with Crippen LogP contribution in [0.1, 0.15) is 28.5 Å². The summed E-state index contributed by atoms with van der Waals surface area (Å²) < 4.78 is 0. The Bertz CT molecular complexity index is 1610. The van der Waals surface area contributed by atoms with Crippen LogP contribution in [-0.4, -0.2) is 36.6 Å². The monoisotopic (exact) mass is 385 g/mol. The van der Waals surface area contributed by atoms with Crippen LogP contribution >= 0.6 is 0 Å². The molecule has 0 aliphatic heterocycles. The highest BCUT2D eigenvalue weighted by atomic mass is 15.0. The summed E-state index contributed by atoms with van der Waals surface area (Å²) in [7, 11) is 0. The lowest BCUT2D eigenvalue weighted by molar-refractivity contribution is 1.16. The first-order valence-corrected chi connectivity index (χ1v) is 7.91. The highest BCUT2D eigenvalue weighted by molar-refractivity contribution is 6.18. The van der Waals surface area contributed by atoms with Gasteiger partial charge in [-0.15, -0.1) is 6.42 Å². The van der Waals surface area contributed by atoms with Crippen molar-refractivity contribution in [1.29, 1.82) is 21.0 Å². The van der Waals surface area contributed by atoms with Crippen LogP contribution in [-0.2, 0) is 0 Å². The van der Waals surface area contributed by atoms with Crippen molar-refractivity contribution in [2.45, 2.75) is 0 Å². The van der Waals surface area contributed by atoms with Gasteiger partial charge in [0.15, 0.2) is 28.6 Å². The smallest absolute Gasteiger partial charge is 0.189 e. The van der Waals surface area contributed by atoms with Crippen molar-refractivity contribution in [1.82, 2.24) is 29.9 Å². The Morgan fingerprint density at radius 2 is 0.900 bits per heavy atom. The van der Waals surface area contributed by atoms with E-state index in [-0.39, 0.29) is 67.4 Å². The zero-order valence-electron chi connectivity index (χ0n) is 14.7. The second kappa shape index (κ2) is 6.55. The first-order valence-electron chi connectivity index (χ1n) is 7.91. The molecule has 0 N–H and O–H groups in total. The van der Waals surface area contributed by atoms with E-state index in [2.05, 4.69) is 47.5 Å². The number of rotatable bonds is 1. The molecule has 11 nitrogen and oxygen atoms in total. The SMILES string of the molecule is C#Cc1nc2c(nc1C#N)c1nc(C#N)c(C#N)nc1c1nc(C#N)c(N=C)nc21. The van der Waals surface area contributed by atoms with Crippen molar-refractivity contribution in [3.63, 3.8) is 0 Å². The van der Waals surface area contributed by atoms with Gasteiger partial charge in [-0.25, -0.2) is 34.9 Å². The molecule has 0 atom stereocenters. The molecular formula is C19H3N11. The Morgan fingerprint density at radius 1 is 0.567 bits per heavy atom. The third kappa shape index (κ3) is 2.33. The molecule has 0 saturated carbocycles. The molecule has 0 bridgehead atoms. The number of aliphatic imine (C=N–C) groups is 1. The molecule has 0 spiro atoms. The maximum atomic E-state index is 9.37. The standard InChI is InChI=1S/C19H3N11/c1-3-8-9(4-20)26-14-13-15(28-11(6-22)10(5-21)27-13)17-18(16(14)25-8)30-19(24-2)12(7-23)29-17/h1H,2H2. The first-order chi connectivity index (χ1) is 14.6. The van der Waals surface area contributed by atoms with E-state index in [4.69, 9.17) is 6.42 Å². The predicted octanol–water partition coefficient (Wildman–Crippen LogP) is 1.32. The molecule has 3 aromatic heterocycles. The molecule has 4 aromatic rings. The van der Waals surface area contributed by atoms with Gasteiger partial charge in [-0.2, -0.15) is 21.0 Å². The van der Waals surface area contributed by atoms with Crippen molar-refractivity contribution in [2.24, 2.45) is 4.99 Å². The van der Waals surface area contributed by atoms with Gasteiger partial charge in [0.2, 0.25) is 0 Å². The van der Waals surface area contributed by atoms with Gasteiger partial charge in [0.25, 0.3) is 0 Å². The second-order valence-electron chi connectivity index (χ2n) is 5.58. The minimum absolute atomic E-state index is 0.0352. The lowest BCUT2D eigenvalue weighted by atomic mass is 10.1. The van der Waals surface area contributed by atoms with Gasteiger partial charge in [-0.05, 0) is 12.6 Å². The van der Waals surface area contributed by atoms with Crippen LogP contribution in [0.4, 0.5) is 5.82 Å². The third-order valence-corrected chi connectivity index (χ3v) is 4.05. The molecule has 0 aliphatic rings. The molecule has 134 valence electrons. The summed E-state index contributed by atoms with van der Waals surface area (Å²) in [4.78, 5) is 29.1. The number of fused-ring (bicyclic) bond motifs is 6. The molecule has 0 radical (unpaired) electrons. The summed E-state index contributed by atoms with van der Waals surface area (Å²) in [5.74, 6) is 2.23. The largest absolute Gasteiger partial charge is 0.243 e. The van der Waals surface area contributed by atoms with E-state index in [0.717, 1.165) is 0 Å². The Kier molecular flexibility index (Phi) is 3.89. The number of hydrogen-bond donors (Lipinski definition) is 0. The van der Waals surface area contributed by atoms with E-state index in [1.165, 1.54) is 0 Å². The quantitative estimate of drug-likeness (QED) is 0.263. The normalized spacial score (nSPS) is 9.97. The minimum Gasteiger partial charge on any atom is -0.243 e. The van der Waals surface area contributed by atoms with Crippen molar-refractivity contribution in [2.75, 3.05) is 0 Å². The fourth-order valence-electron chi connectivity index (χ4n) is 2.81. The number of nitriles is 4. The average Bonchev–Trinajstić information content (AvgIpc) is 2.81. The number of nitrogens with zero attached hydrogens (tertiary/aromatic N) is 11. The summed E-state index contributed by atoms with van der Waals surface area (Å²) in [5, 5.41) is 37.4. The Labute approximate surface area is 167 Å². The summed E-state index contributed by atoms with van der Waals surface area (Å²) in [6.45, 7) is 3.38. The topological polar surface area (TPSA) is 185 Å². The van der Waals surface area contributed by atoms with Gasteiger partial charge in [-0.3, -0.25) is 0 Å². The molecule has 3 heterocycles. The van der Waals surface area contributed by atoms with Crippen LogP contribution in [0.3, 0.4) is 0 Å². The Morgan fingerprint density at radius 3 is 1.27 bits per heavy atom. The molecule has 0 saturated heterocycles. The van der Waals surface area contributed by atoms with Gasteiger partial charge in [-0.1, -0.05) is 0 Å². The zero-order valence-corrected chi connectivity index (χ0v) is 14.7. The highest BCUT2D eigenvalue weighted by Crippen LogP contribution is 2.32. The average molecular weight is 385 g/mol. The van der Waals surface area contributed by atoms with Crippen LogP contribution in [0.25, 0.3) is 33.1 Å². The van der Waals surface area contributed by atoms with Gasteiger partial charge >= 0.3 is 0 Å². The molecule has 0 aliphatic carbocycles. The van der Waals surface area contributed by atoms with Gasteiger partial charge in [0, 0.05) is 0 Å². The van der Waals surface area contributed by atoms with Crippen molar-refractivity contribution in [3.8, 4) is 36.6 Å². The zero-order chi connectivity index (χ0) is 21.4. The first kappa shape index (κ1) is 17.8. The van der Waals surface area contributed by atoms with E-state index in [1.54, 1.807) is 12.1 Å². The van der Waals surface area contributed by atoms with E-state index >= 15 is 0 Å². The highest BCUT2D eigenvalue weighted by Gasteiger charge is 2.22. The molecule has 0 unspecified atom stereocenters. The summed E-state index contributed by atoms with van der Waals surface area (Å²) in [5.41, 5.74) is -0.294. The summed E-state index contributed by atoms with van der Waals surface area (Å²) in [6, 6.07) is 7.29. The third-order valence-electron chi connectivity index (χ3n) is 4.05. The Balaban J connectivity index is 2.42. The molecule has 30 heavy (non-hydrogen) atoms. The van der Waals surface area contributed by atoms with Gasteiger partial charge < -0.3 is 0 Å². The molecule has 4 rings (SSSR count). The van der Waals surface area contributed by atoms with E-state index < -0.39 is 0 Å². The predicted molar refractivity (Wildman–Crippen MR) is 102 cm³/mol. The lowest BCUT2D eigenvalue weighted by Crippen LogP contribution is -2.04. The molecule has 0 amide bonds. The van der Waals surface area contributed by atoms with Gasteiger partial charge in [0.05, 0.1) is 0 Å². The maximum Gasteiger partial charge on any atom is 0.189 e. The van der Waals surface area contributed by atoms with Crippen LogP contribution < -0.4 is 0 Å². The second-order valence-corrected chi connectivity index (χ2v) is 5.58. The van der Waals surface area contributed by atoms with Crippen LogP contribution in [0.15, 0.2) is 4.99 Å². The molecule has 11 heteroatoms. The van der Waals surface area contributed by atoms with Crippen molar-refractivity contribution in [3.05, 3.63) is 28.5 Å². The van der Waals surface area contributed by atoms with E-state index in [1.807, 2.05) is 12.1 Å². The number of terminal acetylenes is 1. The summed E-state index contributed by atoms with van der Waals surface area (Å²) in [6.07, 6.45) is 5.44. The van der Waals surface area contributed by atoms with E-state index in [0.29, 0.717) is 0 Å². The fourth-order valence-corrected chi connectivity index (χ4v) is 2.81. The minimum atomic E-state index is -0.246. The molecule has 1 aromatic carbocycles. The van der Waals surface area contributed by atoms with E-state index in [9.17, 15) is 21.0 Å². The van der Waals surface area contributed by atoms with Crippen LogP contribution in [0.5, 0.6) is 0 Å². The number of aromatic nitrogens is 6. The lowest BCUT2D eigenvalue weighted by Gasteiger charge is -2.09. The molecule has 0 fully saturated rings. The fraction of sp³-hybridized carbons (Fsp3) is 0. The number of benzene rings is 1. The van der Waals surface area contributed by atoms with Crippen LogP contribution in [0.2, 0.25) is 0 Å². The van der Waals surface area contributed by atoms with Gasteiger partial charge in [0.1, 0.15) is 63.1 Å². The number of hydrogen-bond acceptors (Lipinski definition) is 11. The maximum absolute atomic E-state index is 9.37. The molecular weight excluding hydrogens is 382 g/mol.